The summed E-state index contributed by atoms with van der Waals surface area (Å²) in [5.74, 6) is 1.56. The molecular formula is C25H18BrN3O3. The van der Waals surface area contributed by atoms with Crippen molar-refractivity contribution in [1.29, 1.82) is 0 Å². The molecule has 2 heterocycles. The number of para-hydroxylation sites is 1. The van der Waals surface area contributed by atoms with Crippen LogP contribution in [0.4, 0.5) is 0 Å². The molecule has 0 bridgehead atoms. The topological polar surface area (TPSA) is 69.6 Å². The van der Waals surface area contributed by atoms with E-state index in [2.05, 4.69) is 21.0 Å². The van der Waals surface area contributed by atoms with Crippen LogP contribution in [-0.4, -0.2) is 23.0 Å². The van der Waals surface area contributed by atoms with E-state index in [0.717, 1.165) is 26.7 Å². The van der Waals surface area contributed by atoms with Crippen molar-refractivity contribution >= 4 is 44.0 Å². The van der Waals surface area contributed by atoms with Crippen LogP contribution in [0, 0.1) is 6.92 Å². The van der Waals surface area contributed by atoms with Gasteiger partial charge in [-0.3, -0.25) is 4.79 Å². The number of furan rings is 1. The zero-order chi connectivity index (χ0) is 22.2. The van der Waals surface area contributed by atoms with Gasteiger partial charge in [0.2, 0.25) is 5.82 Å². The molecule has 158 valence electrons. The number of ether oxygens (including phenoxy) is 1. The first-order valence-corrected chi connectivity index (χ1v) is 10.7. The second-order valence-electron chi connectivity index (χ2n) is 7.33. The molecule has 0 saturated carbocycles. The monoisotopic (exact) mass is 487 g/mol. The largest absolute Gasteiger partial charge is 0.497 e. The van der Waals surface area contributed by atoms with Gasteiger partial charge in [-0.1, -0.05) is 28.1 Å². The summed E-state index contributed by atoms with van der Waals surface area (Å²) >= 11 is 3.48. The van der Waals surface area contributed by atoms with E-state index >= 15 is 0 Å². The average Bonchev–Trinajstić information content (AvgIpc) is 3.22. The molecule has 0 radical (unpaired) electrons. The first-order chi connectivity index (χ1) is 15.5. The molecule has 7 heteroatoms. The lowest BCUT2D eigenvalue weighted by molar-refractivity contribution is 0.414. The van der Waals surface area contributed by atoms with Crippen LogP contribution in [-0.2, 0) is 0 Å². The summed E-state index contributed by atoms with van der Waals surface area (Å²) in [6.07, 6.45) is 1.65. The van der Waals surface area contributed by atoms with Crippen molar-refractivity contribution in [1.82, 2.24) is 9.66 Å². The highest BCUT2D eigenvalue weighted by Gasteiger charge is 2.16. The lowest BCUT2D eigenvalue weighted by Gasteiger charge is -2.08. The van der Waals surface area contributed by atoms with E-state index in [1.165, 1.54) is 4.68 Å². The van der Waals surface area contributed by atoms with Crippen LogP contribution < -0.4 is 10.3 Å². The van der Waals surface area contributed by atoms with Gasteiger partial charge in [0, 0.05) is 9.86 Å². The zero-order valence-electron chi connectivity index (χ0n) is 17.4. The third-order valence-electron chi connectivity index (χ3n) is 5.24. The van der Waals surface area contributed by atoms with Crippen LogP contribution in [0.3, 0.4) is 0 Å². The maximum atomic E-state index is 13.3. The van der Waals surface area contributed by atoms with E-state index in [1.54, 1.807) is 25.5 Å². The standard InChI is InChI=1S/C25H18BrN3O3/c1-15-11-19(31-2)9-7-16(15)14-27-29-24(28-21-6-4-3-5-20(21)25(29)30)23-13-17-12-18(26)8-10-22(17)32-23/h3-14H,1-2H3. The van der Waals surface area contributed by atoms with Crippen molar-refractivity contribution in [3.05, 3.63) is 92.7 Å². The molecule has 5 rings (SSSR count). The summed E-state index contributed by atoms with van der Waals surface area (Å²) in [4.78, 5) is 18.0. The molecule has 5 aromatic rings. The number of hydrogen-bond acceptors (Lipinski definition) is 5. The summed E-state index contributed by atoms with van der Waals surface area (Å²) < 4.78 is 13.5. The van der Waals surface area contributed by atoms with Gasteiger partial charge in [-0.2, -0.15) is 9.78 Å². The normalized spacial score (nSPS) is 11.6. The predicted octanol–water partition coefficient (Wildman–Crippen LogP) is 5.77. The molecule has 0 aliphatic carbocycles. The number of hydrogen-bond donors (Lipinski definition) is 0. The third kappa shape index (κ3) is 3.61. The van der Waals surface area contributed by atoms with E-state index in [4.69, 9.17) is 14.1 Å². The lowest BCUT2D eigenvalue weighted by atomic mass is 10.1. The highest BCUT2D eigenvalue weighted by molar-refractivity contribution is 9.10. The maximum absolute atomic E-state index is 13.3. The Bertz CT molecular complexity index is 1570. The molecule has 3 aromatic carbocycles. The van der Waals surface area contributed by atoms with Gasteiger partial charge in [-0.15, -0.1) is 0 Å². The fraction of sp³-hybridized carbons (Fsp3) is 0.0800. The van der Waals surface area contributed by atoms with E-state index in [9.17, 15) is 4.79 Å². The Labute approximate surface area is 191 Å². The van der Waals surface area contributed by atoms with Crippen molar-refractivity contribution in [3.8, 4) is 17.3 Å². The van der Waals surface area contributed by atoms with Crippen LogP contribution in [0.1, 0.15) is 11.1 Å². The molecule has 0 unspecified atom stereocenters. The molecular weight excluding hydrogens is 470 g/mol. The maximum Gasteiger partial charge on any atom is 0.282 e. The quantitative estimate of drug-likeness (QED) is 0.301. The zero-order valence-corrected chi connectivity index (χ0v) is 19.0. The first-order valence-electron chi connectivity index (χ1n) is 9.94. The number of nitrogens with zero attached hydrogens (tertiary/aromatic N) is 3. The fourth-order valence-corrected chi connectivity index (χ4v) is 3.93. The highest BCUT2D eigenvalue weighted by atomic mass is 79.9. The van der Waals surface area contributed by atoms with E-state index in [-0.39, 0.29) is 5.56 Å². The molecule has 0 fully saturated rings. The van der Waals surface area contributed by atoms with Gasteiger partial charge < -0.3 is 9.15 Å². The van der Waals surface area contributed by atoms with Crippen LogP contribution >= 0.6 is 15.9 Å². The van der Waals surface area contributed by atoms with E-state index in [1.807, 2.05) is 61.5 Å². The highest BCUT2D eigenvalue weighted by Crippen LogP contribution is 2.29. The van der Waals surface area contributed by atoms with Gasteiger partial charge in [0.1, 0.15) is 11.3 Å². The Morgan fingerprint density at radius 3 is 2.75 bits per heavy atom. The van der Waals surface area contributed by atoms with Crippen LogP contribution in [0.15, 0.2) is 85.5 Å². The number of aromatic nitrogens is 2. The average molecular weight is 488 g/mol. The van der Waals surface area contributed by atoms with Gasteiger partial charge >= 0.3 is 0 Å². The van der Waals surface area contributed by atoms with Crippen molar-refractivity contribution < 1.29 is 9.15 Å². The van der Waals surface area contributed by atoms with Gasteiger partial charge in [0.25, 0.3) is 5.56 Å². The lowest BCUT2D eigenvalue weighted by Crippen LogP contribution is -2.20. The van der Waals surface area contributed by atoms with Crippen LogP contribution in [0.25, 0.3) is 33.5 Å². The van der Waals surface area contributed by atoms with Crippen LogP contribution in [0.5, 0.6) is 5.75 Å². The number of halogens is 1. The van der Waals surface area contributed by atoms with E-state index < -0.39 is 0 Å². The number of benzene rings is 3. The number of aryl methyl sites for hydroxylation is 1. The summed E-state index contributed by atoms with van der Waals surface area (Å²) in [5.41, 5.74) is 2.86. The number of methoxy groups -OCH3 is 1. The van der Waals surface area contributed by atoms with Gasteiger partial charge in [-0.05, 0) is 72.6 Å². The molecule has 0 aliphatic rings. The number of fused-ring (bicyclic) bond motifs is 2. The summed E-state index contributed by atoms with van der Waals surface area (Å²) in [5, 5.41) is 5.90. The third-order valence-corrected chi connectivity index (χ3v) is 5.74. The van der Waals surface area contributed by atoms with Crippen molar-refractivity contribution in [2.45, 2.75) is 6.92 Å². The molecule has 0 amide bonds. The molecule has 0 saturated heterocycles. The smallest absolute Gasteiger partial charge is 0.282 e. The van der Waals surface area contributed by atoms with Crippen molar-refractivity contribution in [2.75, 3.05) is 7.11 Å². The predicted molar refractivity (Wildman–Crippen MR) is 130 cm³/mol. The fourth-order valence-electron chi connectivity index (χ4n) is 3.55. The minimum atomic E-state index is -0.269. The Morgan fingerprint density at radius 1 is 1.09 bits per heavy atom. The first kappa shape index (κ1) is 20.2. The molecule has 6 nitrogen and oxygen atoms in total. The molecule has 2 aromatic heterocycles. The Balaban J connectivity index is 1.71. The molecule has 0 atom stereocenters. The minimum Gasteiger partial charge on any atom is -0.497 e. The summed E-state index contributed by atoms with van der Waals surface area (Å²) in [6.45, 7) is 1.96. The van der Waals surface area contributed by atoms with Crippen molar-refractivity contribution in [2.24, 2.45) is 5.10 Å². The Morgan fingerprint density at radius 2 is 1.94 bits per heavy atom. The molecule has 0 N–H and O–H groups in total. The van der Waals surface area contributed by atoms with Crippen molar-refractivity contribution in [3.63, 3.8) is 0 Å². The van der Waals surface area contributed by atoms with Gasteiger partial charge in [-0.25, -0.2) is 4.98 Å². The van der Waals surface area contributed by atoms with Gasteiger partial charge in [0.05, 0.1) is 24.2 Å². The Kier molecular flexibility index (Phi) is 5.11. The minimum absolute atomic E-state index is 0.269. The Hall–Kier alpha value is -3.71. The van der Waals surface area contributed by atoms with Crippen LogP contribution in [0.2, 0.25) is 0 Å². The molecule has 0 aliphatic heterocycles. The SMILES string of the molecule is COc1ccc(C=Nn2c(-c3cc4cc(Br)ccc4o3)nc3ccccc3c2=O)c(C)c1. The molecule has 32 heavy (non-hydrogen) atoms. The molecule has 0 spiro atoms. The second-order valence-corrected chi connectivity index (χ2v) is 8.25. The summed E-state index contributed by atoms with van der Waals surface area (Å²) in [7, 11) is 1.63. The van der Waals surface area contributed by atoms with Gasteiger partial charge in [0.15, 0.2) is 5.76 Å². The summed E-state index contributed by atoms with van der Waals surface area (Å²) in [6, 6.07) is 20.5. The number of rotatable bonds is 4. The second kappa shape index (κ2) is 8.09. The van der Waals surface area contributed by atoms with E-state index in [0.29, 0.717) is 28.1 Å².